The predicted octanol–water partition coefficient (Wildman–Crippen LogP) is 1.60. The molecule has 0 atom stereocenters. The SMILES string of the molecule is C/C=C(/CCC)CI=[NH+]C. The highest BCUT2D eigenvalue weighted by Crippen LogP contribution is 2.08. The summed E-state index contributed by atoms with van der Waals surface area (Å²) < 4.78 is 4.58. The van der Waals surface area contributed by atoms with Crippen LogP contribution in [0.3, 0.4) is 0 Å². The molecule has 0 aromatic carbocycles. The average molecular weight is 254 g/mol. The van der Waals surface area contributed by atoms with E-state index in [1.807, 2.05) is 7.05 Å². The van der Waals surface area contributed by atoms with Crippen molar-refractivity contribution in [3.63, 3.8) is 0 Å². The van der Waals surface area contributed by atoms with E-state index in [4.69, 9.17) is 0 Å². The van der Waals surface area contributed by atoms with Crippen LogP contribution >= 0.6 is 21.0 Å². The van der Waals surface area contributed by atoms with E-state index < -0.39 is 0 Å². The van der Waals surface area contributed by atoms with Crippen molar-refractivity contribution >= 4 is 21.0 Å². The summed E-state index contributed by atoms with van der Waals surface area (Å²) in [6, 6.07) is 0. The summed E-state index contributed by atoms with van der Waals surface area (Å²) >= 11 is 0.251. The lowest BCUT2D eigenvalue weighted by Crippen LogP contribution is -2.55. The molecule has 0 radical (unpaired) electrons. The van der Waals surface area contributed by atoms with Crippen LogP contribution in [0.5, 0.6) is 0 Å². The van der Waals surface area contributed by atoms with Crippen LogP contribution in [0.4, 0.5) is 0 Å². The molecule has 10 heavy (non-hydrogen) atoms. The maximum atomic E-state index is 3.26. The van der Waals surface area contributed by atoms with Gasteiger partial charge in [-0.1, -0.05) is 25.0 Å². The molecule has 0 unspecified atom stereocenters. The number of alkyl halides is 1. The fourth-order valence-electron chi connectivity index (χ4n) is 0.762. The summed E-state index contributed by atoms with van der Waals surface area (Å²) in [4.78, 5) is 0. The molecular weight excluding hydrogens is 237 g/mol. The predicted molar refractivity (Wildman–Crippen MR) is 54.4 cm³/mol. The lowest BCUT2D eigenvalue weighted by Gasteiger charge is -1.95. The molecular formula is C8H17IN+. The third kappa shape index (κ3) is 5.09. The Bertz CT molecular complexity index is 127. The Morgan fingerprint density at radius 3 is 2.70 bits per heavy atom. The van der Waals surface area contributed by atoms with E-state index in [9.17, 15) is 0 Å². The summed E-state index contributed by atoms with van der Waals surface area (Å²) in [5, 5.41) is 0. The first-order valence-electron chi connectivity index (χ1n) is 3.74. The van der Waals surface area contributed by atoms with Crippen molar-refractivity contribution in [1.29, 1.82) is 0 Å². The maximum Gasteiger partial charge on any atom is 0.200 e. The number of nitrogens with one attached hydrogen (secondary N) is 1. The van der Waals surface area contributed by atoms with Crippen LogP contribution in [0.2, 0.25) is 0 Å². The minimum Gasteiger partial charge on any atom is -0.233 e. The van der Waals surface area contributed by atoms with E-state index in [1.54, 1.807) is 5.57 Å². The molecule has 0 rings (SSSR count). The normalized spacial score (nSPS) is 13.7. The minimum atomic E-state index is 0.251. The quantitative estimate of drug-likeness (QED) is 0.445. The molecule has 0 saturated carbocycles. The topological polar surface area (TPSA) is 14.0 Å². The molecule has 0 spiro atoms. The van der Waals surface area contributed by atoms with Gasteiger partial charge in [-0.25, -0.2) is 3.15 Å². The number of hydrogen-bond acceptors (Lipinski definition) is 0. The Morgan fingerprint density at radius 1 is 1.60 bits per heavy atom. The zero-order chi connectivity index (χ0) is 7.82. The van der Waals surface area contributed by atoms with Gasteiger partial charge in [-0.3, -0.25) is 0 Å². The van der Waals surface area contributed by atoms with Crippen LogP contribution in [0, 0.1) is 0 Å². The second-order valence-corrected chi connectivity index (χ2v) is 4.76. The molecule has 0 aromatic heterocycles. The van der Waals surface area contributed by atoms with Crippen LogP contribution in [0.15, 0.2) is 11.6 Å². The Labute approximate surface area is 74.1 Å². The van der Waals surface area contributed by atoms with Gasteiger partial charge >= 0.3 is 0 Å². The molecule has 0 aliphatic rings. The highest BCUT2D eigenvalue weighted by Gasteiger charge is 1.93. The molecule has 60 valence electrons. The van der Waals surface area contributed by atoms with E-state index in [0.29, 0.717) is 0 Å². The molecule has 0 heterocycles. The van der Waals surface area contributed by atoms with Crippen LogP contribution in [0.1, 0.15) is 26.7 Å². The van der Waals surface area contributed by atoms with Crippen molar-refractivity contribution in [1.82, 2.24) is 0 Å². The van der Waals surface area contributed by atoms with Gasteiger partial charge in [0.15, 0.2) is 0 Å². The second kappa shape index (κ2) is 7.38. The van der Waals surface area contributed by atoms with Gasteiger partial charge in [0.1, 0.15) is 7.05 Å². The van der Waals surface area contributed by atoms with Gasteiger partial charge in [0.05, 0.1) is 4.43 Å². The summed E-state index contributed by atoms with van der Waals surface area (Å²) in [5.41, 5.74) is 1.63. The highest BCUT2D eigenvalue weighted by molar-refractivity contribution is 14.1. The maximum absolute atomic E-state index is 3.26. The number of allylic oxidation sites excluding steroid dienone is 2. The zero-order valence-corrected chi connectivity index (χ0v) is 9.23. The Balaban J connectivity index is 3.62. The Hall–Kier alpha value is 0.270. The van der Waals surface area contributed by atoms with Crippen LogP contribution in [0.25, 0.3) is 0 Å². The smallest absolute Gasteiger partial charge is 0.200 e. The molecule has 0 aliphatic heterocycles. The Kier molecular flexibility index (Phi) is 7.58. The molecule has 0 amide bonds. The summed E-state index contributed by atoms with van der Waals surface area (Å²) in [5.74, 6) is 0. The van der Waals surface area contributed by atoms with Gasteiger partial charge in [0.2, 0.25) is 21.0 Å². The largest absolute Gasteiger partial charge is 0.233 e. The molecule has 0 aromatic rings. The molecule has 1 nitrogen and oxygen atoms in total. The van der Waals surface area contributed by atoms with Gasteiger partial charge in [0, 0.05) is 0 Å². The van der Waals surface area contributed by atoms with Crippen LogP contribution in [-0.2, 0) is 0 Å². The van der Waals surface area contributed by atoms with Crippen LogP contribution < -0.4 is 3.15 Å². The van der Waals surface area contributed by atoms with Crippen molar-refractivity contribution in [3.8, 4) is 0 Å². The van der Waals surface area contributed by atoms with E-state index in [-0.39, 0.29) is 21.0 Å². The van der Waals surface area contributed by atoms with E-state index in [1.165, 1.54) is 17.3 Å². The molecule has 0 bridgehead atoms. The fourth-order valence-corrected chi connectivity index (χ4v) is 2.46. The highest BCUT2D eigenvalue weighted by atomic mass is 127. The third-order valence-corrected chi connectivity index (χ3v) is 3.48. The van der Waals surface area contributed by atoms with Gasteiger partial charge < -0.3 is 0 Å². The monoisotopic (exact) mass is 254 g/mol. The third-order valence-electron chi connectivity index (χ3n) is 1.35. The standard InChI is InChI=1S/C8H16IN/c1-4-6-8(5-2)7-9-10-3/h5H,4,6-7H2,1-3H3/p+1/b8-5-. The van der Waals surface area contributed by atoms with Crippen molar-refractivity contribution < 1.29 is 3.15 Å². The first kappa shape index (κ1) is 10.3. The summed E-state index contributed by atoms with van der Waals surface area (Å²) in [7, 11) is 2.05. The van der Waals surface area contributed by atoms with E-state index in [0.717, 1.165) is 0 Å². The number of halogens is 1. The average Bonchev–Trinajstić information content (AvgIpc) is 1.98. The van der Waals surface area contributed by atoms with Gasteiger partial charge in [-0.05, 0) is 13.3 Å². The number of rotatable bonds is 4. The van der Waals surface area contributed by atoms with E-state index >= 15 is 0 Å². The first-order valence-corrected chi connectivity index (χ1v) is 6.34. The summed E-state index contributed by atoms with van der Waals surface area (Å²) in [6.45, 7) is 4.38. The van der Waals surface area contributed by atoms with Crippen molar-refractivity contribution in [2.24, 2.45) is 0 Å². The van der Waals surface area contributed by atoms with Crippen molar-refractivity contribution in [2.75, 3.05) is 11.5 Å². The zero-order valence-electron chi connectivity index (χ0n) is 7.08. The van der Waals surface area contributed by atoms with Crippen molar-refractivity contribution in [2.45, 2.75) is 26.7 Å². The minimum absolute atomic E-state index is 0.251. The lowest BCUT2D eigenvalue weighted by atomic mass is 10.2. The lowest BCUT2D eigenvalue weighted by molar-refractivity contribution is -0.357. The van der Waals surface area contributed by atoms with Gasteiger partial charge in [0.25, 0.3) is 0 Å². The second-order valence-electron chi connectivity index (χ2n) is 2.15. The van der Waals surface area contributed by atoms with Gasteiger partial charge in [-0.2, -0.15) is 0 Å². The molecule has 0 saturated heterocycles. The fraction of sp³-hybridized carbons (Fsp3) is 0.750. The first-order chi connectivity index (χ1) is 4.85. The van der Waals surface area contributed by atoms with Crippen molar-refractivity contribution in [3.05, 3.63) is 11.6 Å². The molecule has 1 N–H and O–H groups in total. The molecule has 0 aliphatic carbocycles. The summed E-state index contributed by atoms with van der Waals surface area (Å²) in [6.07, 6.45) is 4.84. The van der Waals surface area contributed by atoms with E-state index in [2.05, 4.69) is 23.1 Å². The van der Waals surface area contributed by atoms with Crippen LogP contribution in [-0.4, -0.2) is 11.5 Å². The molecule has 2 heteroatoms. The van der Waals surface area contributed by atoms with Gasteiger partial charge in [-0.15, -0.1) is 0 Å². The Morgan fingerprint density at radius 2 is 2.30 bits per heavy atom. The number of hydrogen-bond donors (Lipinski definition) is 1. The molecule has 0 fully saturated rings.